The summed E-state index contributed by atoms with van der Waals surface area (Å²) in [6, 6.07) is 7.27. The number of nitrogens with one attached hydrogen (secondary N) is 1. The molecule has 5 nitrogen and oxygen atoms in total. The van der Waals surface area contributed by atoms with Crippen LogP contribution in [0.4, 0.5) is 5.69 Å². The van der Waals surface area contributed by atoms with E-state index < -0.39 is 6.04 Å². The molecular formula is C14H18N4O. The molecule has 1 amide bonds. The highest BCUT2D eigenvalue weighted by Gasteiger charge is 2.10. The van der Waals surface area contributed by atoms with Crippen LogP contribution in [0.1, 0.15) is 18.9 Å². The van der Waals surface area contributed by atoms with Crippen LogP contribution in [0.15, 0.2) is 43.0 Å². The topological polar surface area (TPSA) is 72.9 Å². The van der Waals surface area contributed by atoms with E-state index in [0.29, 0.717) is 6.42 Å². The number of rotatable bonds is 5. The maximum Gasteiger partial charge on any atom is 0.241 e. The summed E-state index contributed by atoms with van der Waals surface area (Å²) in [6.07, 6.45) is 6.03. The Morgan fingerprint density at radius 3 is 3.05 bits per heavy atom. The summed E-state index contributed by atoms with van der Waals surface area (Å²) in [5.41, 5.74) is 7.56. The van der Waals surface area contributed by atoms with Crippen molar-refractivity contribution < 1.29 is 4.79 Å². The van der Waals surface area contributed by atoms with Gasteiger partial charge in [-0.05, 0) is 24.1 Å². The fourth-order valence-corrected chi connectivity index (χ4v) is 1.76. The van der Waals surface area contributed by atoms with E-state index in [4.69, 9.17) is 5.73 Å². The lowest BCUT2D eigenvalue weighted by atomic mass is 10.2. The third kappa shape index (κ3) is 3.66. The molecule has 1 aromatic heterocycles. The van der Waals surface area contributed by atoms with E-state index in [9.17, 15) is 4.79 Å². The van der Waals surface area contributed by atoms with E-state index in [2.05, 4.69) is 10.3 Å². The van der Waals surface area contributed by atoms with Gasteiger partial charge in [-0.2, -0.15) is 0 Å². The fraction of sp³-hybridized carbons (Fsp3) is 0.286. The zero-order valence-corrected chi connectivity index (χ0v) is 10.9. The number of amides is 1. The second kappa shape index (κ2) is 6.15. The molecule has 1 atom stereocenters. The van der Waals surface area contributed by atoms with Crippen LogP contribution in [0, 0.1) is 0 Å². The largest absolute Gasteiger partial charge is 0.333 e. The lowest BCUT2D eigenvalue weighted by molar-refractivity contribution is -0.117. The van der Waals surface area contributed by atoms with Gasteiger partial charge in [0, 0.05) is 24.6 Å². The van der Waals surface area contributed by atoms with Crippen molar-refractivity contribution in [2.24, 2.45) is 5.73 Å². The predicted octanol–water partition coefficient (Wildman–Crippen LogP) is 1.61. The molecule has 2 rings (SSSR count). The molecule has 1 heterocycles. The highest BCUT2D eigenvalue weighted by molar-refractivity contribution is 5.94. The number of hydrogen-bond acceptors (Lipinski definition) is 3. The van der Waals surface area contributed by atoms with Crippen molar-refractivity contribution in [3.05, 3.63) is 48.5 Å². The van der Waals surface area contributed by atoms with Gasteiger partial charge < -0.3 is 15.6 Å². The molecule has 3 N–H and O–H groups in total. The van der Waals surface area contributed by atoms with E-state index in [1.165, 1.54) is 0 Å². The Labute approximate surface area is 112 Å². The van der Waals surface area contributed by atoms with Crippen LogP contribution in [0.3, 0.4) is 0 Å². The summed E-state index contributed by atoms with van der Waals surface area (Å²) in [4.78, 5) is 15.7. The smallest absolute Gasteiger partial charge is 0.241 e. The molecule has 2 aromatic rings. The van der Waals surface area contributed by atoms with Crippen molar-refractivity contribution in [3.63, 3.8) is 0 Å². The van der Waals surface area contributed by atoms with Gasteiger partial charge in [-0.3, -0.25) is 4.79 Å². The van der Waals surface area contributed by atoms with Crippen LogP contribution in [0.2, 0.25) is 0 Å². The highest BCUT2D eigenvalue weighted by atomic mass is 16.2. The van der Waals surface area contributed by atoms with Crippen molar-refractivity contribution in [2.45, 2.75) is 25.9 Å². The molecule has 0 saturated heterocycles. The SMILES string of the molecule is CC[C@H](N)C(=O)Nc1cccc(Cn2ccnc2)c1. The predicted molar refractivity (Wildman–Crippen MR) is 74.7 cm³/mol. The van der Waals surface area contributed by atoms with Crippen molar-refractivity contribution >= 4 is 11.6 Å². The molecule has 1 aromatic carbocycles. The monoisotopic (exact) mass is 258 g/mol. The van der Waals surface area contributed by atoms with Gasteiger partial charge in [0.2, 0.25) is 5.91 Å². The molecule has 0 spiro atoms. The van der Waals surface area contributed by atoms with Crippen LogP contribution in [-0.4, -0.2) is 21.5 Å². The van der Waals surface area contributed by atoms with E-state index in [-0.39, 0.29) is 5.91 Å². The van der Waals surface area contributed by atoms with Crippen LogP contribution < -0.4 is 11.1 Å². The molecule has 0 saturated carbocycles. The number of benzene rings is 1. The van der Waals surface area contributed by atoms with Gasteiger partial charge in [0.1, 0.15) is 0 Å². The molecule has 19 heavy (non-hydrogen) atoms. The first-order valence-electron chi connectivity index (χ1n) is 6.30. The minimum absolute atomic E-state index is 0.151. The number of hydrogen-bond donors (Lipinski definition) is 2. The number of anilines is 1. The van der Waals surface area contributed by atoms with E-state index in [1.807, 2.05) is 42.0 Å². The summed E-state index contributed by atoms with van der Waals surface area (Å²) in [6.45, 7) is 2.61. The third-order valence-electron chi connectivity index (χ3n) is 2.90. The van der Waals surface area contributed by atoms with E-state index in [1.54, 1.807) is 12.5 Å². The number of carbonyl (C=O) groups excluding carboxylic acids is 1. The lowest BCUT2D eigenvalue weighted by Gasteiger charge is -2.11. The van der Waals surface area contributed by atoms with Gasteiger partial charge in [0.15, 0.2) is 0 Å². The molecule has 0 aliphatic rings. The molecule has 0 radical (unpaired) electrons. The van der Waals surface area contributed by atoms with Crippen LogP contribution in [-0.2, 0) is 11.3 Å². The average Bonchev–Trinajstić information content (AvgIpc) is 2.91. The maximum absolute atomic E-state index is 11.7. The first-order chi connectivity index (χ1) is 9.19. The van der Waals surface area contributed by atoms with Gasteiger partial charge in [-0.1, -0.05) is 19.1 Å². The highest BCUT2D eigenvalue weighted by Crippen LogP contribution is 2.12. The Balaban J connectivity index is 2.05. The Morgan fingerprint density at radius 1 is 1.53 bits per heavy atom. The second-order valence-electron chi connectivity index (χ2n) is 4.44. The maximum atomic E-state index is 11.7. The van der Waals surface area contributed by atoms with Gasteiger partial charge >= 0.3 is 0 Å². The Morgan fingerprint density at radius 2 is 2.37 bits per heavy atom. The zero-order chi connectivity index (χ0) is 13.7. The first kappa shape index (κ1) is 13.3. The first-order valence-corrected chi connectivity index (χ1v) is 6.30. The van der Waals surface area contributed by atoms with Crippen LogP contribution in [0.25, 0.3) is 0 Å². The van der Waals surface area contributed by atoms with Gasteiger partial charge in [-0.15, -0.1) is 0 Å². The summed E-state index contributed by atoms with van der Waals surface area (Å²) in [5.74, 6) is -0.151. The summed E-state index contributed by atoms with van der Waals surface area (Å²) >= 11 is 0. The molecule has 100 valence electrons. The quantitative estimate of drug-likeness (QED) is 0.855. The Hall–Kier alpha value is -2.14. The van der Waals surface area contributed by atoms with Crippen LogP contribution >= 0.6 is 0 Å². The standard InChI is InChI=1S/C14H18N4O/c1-2-13(15)14(19)17-12-5-3-4-11(8-12)9-18-7-6-16-10-18/h3-8,10,13H,2,9,15H2,1H3,(H,17,19)/t13-/m0/s1. The minimum Gasteiger partial charge on any atom is -0.333 e. The second-order valence-corrected chi connectivity index (χ2v) is 4.44. The normalized spacial score (nSPS) is 12.1. The lowest BCUT2D eigenvalue weighted by Crippen LogP contribution is -2.34. The fourth-order valence-electron chi connectivity index (χ4n) is 1.76. The molecule has 0 unspecified atom stereocenters. The molecular weight excluding hydrogens is 240 g/mol. The molecule has 0 aliphatic carbocycles. The summed E-state index contributed by atoms with van der Waals surface area (Å²) in [7, 11) is 0. The Bertz CT molecular complexity index is 536. The van der Waals surface area contributed by atoms with Gasteiger partial charge in [0.05, 0.1) is 12.4 Å². The number of aromatic nitrogens is 2. The number of nitrogens with zero attached hydrogens (tertiary/aromatic N) is 2. The van der Waals surface area contributed by atoms with Gasteiger partial charge in [-0.25, -0.2) is 4.98 Å². The summed E-state index contributed by atoms with van der Waals surface area (Å²) < 4.78 is 1.97. The number of nitrogens with two attached hydrogens (primary N) is 1. The zero-order valence-electron chi connectivity index (χ0n) is 10.9. The number of carbonyl (C=O) groups is 1. The third-order valence-corrected chi connectivity index (χ3v) is 2.90. The van der Waals surface area contributed by atoms with Gasteiger partial charge in [0.25, 0.3) is 0 Å². The van der Waals surface area contributed by atoms with Crippen LogP contribution in [0.5, 0.6) is 0 Å². The molecule has 0 bridgehead atoms. The van der Waals surface area contributed by atoms with E-state index >= 15 is 0 Å². The van der Waals surface area contributed by atoms with E-state index in [0.717, 1.165) is 17.8 Å². The molecule has 0 fully saturated rings. The summed E-state index contributed by atoms with van der Waals surface area (Å²) in [5, 5.41) is 2.82. The van der Waals surface area contributed by atoms with Crippen molar-refractivity contribution in [3.8, 4) is 0 Å². The van der Waals surface area contributed by atoms with Crippen molar-refractivity contribution in [1.29, 1.82) is 0 Å². The molecule has 0 aliphatic heterocycles. The van der Waals surface area contributed by atoms with Crippen molar-refractivity contribution in [1.82, 2.24) is 9.55 Å². The van der Waals surface area contributed by atoms with Crippen molar-refractivity contribution in [2.75, 3.05) is 5.32 Å². The number of imidazole rings is 1. The minimum atomic E-state index is -0.461. The molecule has 5 heteroatoms. The Kier molecular flexibility index (Phi) is 4.30. The average molecular weight is 258 g/mol.